The number of hydrogen-bond donors (Lipinski definition) is 1. The second-order valence-corrected chi connectivity index (χ2v) is 6.81. The fraction of sp³-hybridized carbons (Fsp3) is 0.375. The van der Waals surface area contributed by atoms with Crippen molar-refractivity contribution in [1.29, 1.82) is 0 Å². The van der Waals surface area contributed by atoms with Gasteiger partial charge in [-0.2, -0.15) is 0 Å². The number of hydrogen-bond acceptors (Lipinski definition) is 2. The molecule has 1 nitrogen and oxygen atoms in total. The minimum absolute atomic E-state index is 0.0339. The number of nitrogens with two attached hydrogens (primary N) is 1. The minimum Gasteiger partial charge on any atom is -0.327 e. The lowest BCUT2D eigenvalue weighted by Crippen LogP contribution is -2.32. The number of thiophene rings is 1. The highest BCUT2D eigenvalue weighted by molar-refractivity contribution is 7.10. The van der Waals surface area contributed by atoms with Gasteiger partial charge >= 0.3 is 0 Å². The lowest BCUT2D eigenvalue weighted by molar-refractivity contribution is 0.463. The Labute approximate surface area is 127 Å². The Morgan fingerprint density at radius 2 is 2.25 bits per heavy atom. The second-order valence-electron chi connectivity index (χ2n) is 5.40. The highest BCUT2D eigenvalue weighted by atomic mass is 35.5. The van der Waals surface area contributed by atoms with Crippen molar-refractivity contribution in [1.82, 2.24) is 0 Å². The van der Waals surface area contributed by atoms with E-state index in [4.69, 9.17) is 17.3 Å². The Balaban J connectivity index is 1.79. The number of halogens is 2. The van der Waals surface area contributed by atoms with Crippen molar-refractivity contribution in [3.63, 3.8) is 0 Å². The summed E-state index contributed by atoms with van der Waals surface area (Å²) in [5, 5.41) is 2.63. The highest BCUT2D eigenvalue weighted by Gasteiger charge is 2.26. The topological polar surface area (TPSA) is 26.0 Å². The average Bonchev–Trinajstić information content (AvgIpc) is 2.90. The van der Waals surface area contributed by atoms with Crippen LogP contribution in [0.5, 0.6) is 0 Å². The molecule has 0 amide bonds. The molecule has 0 saturated carbocycles. The maximum Gasteiger partial charge on any atom is 0.124 e. The standard InChI is InChI=1S/C16H17ClFNS/c17-14-9-11(18)5-4-10(14)8-15(19)12-2-1-3-16-13(12)6-7-20-16/h4-7,9,12,15H,1-3,8,19H2. The van der Waals surface area contributed by atoms with E-state index in [2.05, 4.69) is 11.4 Å². The van der Waals surface area contributed by atoms with Crippen LogP contribution in [0.3, 0.4) is 0 Å². The second kappa shape index (κ2) is 5.84. The first kappa shape index (κ1) is 14.1. The van der Waals surface area contributed by atoms with E-state index in [1.165, 1.54) is 35.4 Å². The summed E-state index contributed by atoms with van der Waals surface area (Å²) in [6.07, 6.45) is 4.19. The monoisotopic (exact) mass is 309 g/mol. The van der Waals surface area contributed by atoms with Gasteiger partial charge in [-0.25, -0.2) is 4.39 Å². The fourth-order valence-electron chi connectivity index (χ4n) is 3.05. The predicted molar refractivity (Wildman–Crippen MR) is 83.1 cm³/mol. The lowest BCUT2D eigenvalue weighted by atomic mass is 9.81. The van der Waals surface area contributed by atoms with Gasteiger partial charge in [0.25, 0.3) is 0 Å². The zero-order chi connectivity index (χ0) is 14.1. The molecule has 0 fully saturated rings. The van der Waals surface area contributed by atoms with E-state index >= 15 is 0 Å². The van der Waals surface area contributed by atoms with Gasteiger partial charge < -0.3 is 5.73 Å². The van der Waals surface area contributed by atoms with E-state index < -0.39 is 0 Å². The smallest absolute Gasteiger partial charge is 0.124 e. The van der Waals surface area contributed by atoms with Crippen molar-refractivity contribution in [2.45, 2.75) is 37.6 Å². The molecule has 1 aliphatic carbocycles. The van der Waals surface area contributed by atoms with Gasteiger partial charge in [0.05, 0.1) is 0 Å². The van der Waals surface area contributed by atoms with E-state index in [0.29, 0.717) is 17.4 Å². The molecule has 0 bridgehead atoms. The van der Waals surface area contributed by atoms with Crippen LogP contribution < -0.4 is 5.73 Å². The maximum absolute atomic E-state index is 13.1. The van der Waals surface area contributed by atoms with Crippen LogP contribution in [0.1, 0.15) is 34.8 Å². The van der Waals surface area contributed by atoms with Crippen LogP contribution in [0, 0.1) is 5.82 Å². The number of fused-ring (bicyclic) bond motifs is 1. The van der Waals surface area contributed by atoms with Gasteiger partial charge in [0.1, 0.15) is 5.82 Å². The van der Waals surface area contributed by atoms with Gasteiger partial charge in [0, 0.05) is 21.9 Å². The van der Waals surface area contributed by atoms with Gasteiger partial charge in [-0.3, -0.25) is 0 Å². The lowest BCUT2D eigenvalue weighted by Gasteiger charge is -2.28. The minimum atomic E-state index is -0.301. The summed E-state index contributed by atoms with van der Waals surface area (Å²) < 4.78 is 13.1. The van der Waals surface area contributed by atoms with Crippen LogP contribution >= 0.6 is 22.9 Å². The molecule has 0 aliphatic heterocycles. The molecule has 1 aliphatic rings. The van der Waals surface area contributed by atoms with Crippen molar-refractivity contribution >= 4 is 22.9 Å². The van der Waals surface area contributed by atoms with Crippen molar-refractivity contribution in [2.75, 3.05) is 0 Å². The van der Waals surface area contributed by atoms with Crippen molar-refractivity contribution in [2.24, 2.45) is 5.73 Å². The van der Waals surface area contributed by atoms with Crippen LogP contribution in [0.25, 0.3) is 0 Å². The maximum atomic E-state index is 13.1. The summed E-state index contributed by atoms with van der Waals surface area (Å²) in [5.74, 6) is 0.0937. The quantitative estimate of drug-likeness (QED) is 0.885. The molecule has 1 heterocycles. The summed E-state index contributed by atoms with van der Waals surface area (Å²) in [5.41, 5.74) is 8.76. The SMILES string of the molecule is NC(Cc1ccc(F)cc1Cl)C1CCCc2sccc21. The summed E-state index contributed by atoms with van der Waals surface area (Å²) in [6.45, 7) is 0. The van der Waals surface area contributed by atoms with Gasteiger partial charge in [-0.1, -0.05) is 17.7 Å². The number of benzene rings is 1. The largest absolute Gasteiger partial charge is 0.327 e. The zero-order valence-corrected chi connectivity index (χ0v) is 12.7. The molecule has 0 radical (unpaired) electrons. The normalized spacial score (nSPS) is 19.6. The Kier molecular flexibility index (Phi) is 4.11. The summed E-state index contributed by atoms with van der Waals surface area (Å²) >= 11 is 7.92. The van der Waals surface area contributed by atoms with Crippen LogP contribution in [0.4, 0.5) is 4.39 Å². The van der Waals surface area contributed by atoms with Crippen molar-refractivity contribution in [3.05, 3.63) is 56.5 Å². The molecule has 2 atom stereocenters. The first-order valence-electron chi connectivity index (χ1n) is 6.91. The average molecular weight is 310 g/mol. The molecule has 2 N–H and O–H groups in total. The molecule has 0 saturated heterocycles. The Morgan fingerprint density at radius 3 is 3.05 bits per heavy atom. The third kappa shape index (κ3) is 2.76. The summed E-state index contributed by atoms with van der Waals surface area (Å²) in [4.78, 5) is 1.47. The molecular weight excluding hydrogens is 293 g/mol. The molecular formula is C16H17ClFNS. The molecule has 2 aromatic rings. The summed E-state index contributed by atoms with van der Waals surface area (Å²) in [7, 11) is 0. The molecule has 1 aromatic carbocycles. The molecule has 4 heteroatoms. The van der Waals surface area contributed by atoms with Gasteiger partial charge in [0.15, 0.2) is 0 Å². The zero-order valence-electron chi connectivity index (χ0n) is 11.1. The molecule has 0 spiro atoms. The predicted octanol–water partition coefficient (Wildman–Crippen LogP) is 4.53. The molecule has 1 aromatic heterocycles. The fourth-order valence-corrected chi connectivity index (χ4v) is 4.29. The van der Waals surface area contributed by atoms with Crippen LogP contribution in [-0.4, -0.2) is 6.04 Å². The number of rotatable bonds is 3. The molecule has 20 heavy (non-hydrogen) atoms. The van der Waals surface area contributed by atoms with Crippen LogP contribution in [0.15, 0.2) is 29.6 Å². The highest BCUT2D eigenvalue weighted by Crippen LogP contribution is 2.37. The number of aryl methyl sites for hydroxylation is 1. The third-order valence-electron chi connectivity index (χ3n) is 4.09. The molecule has 2 unspecified atom stereocenters. The Hall–Kier alpha value is -0.900. The summed E-state index contributed by atoms with van der Waals surface area (Å²) in [6, 6.07) is 6.79. The Morgan fingerprint density at radius 1 is 1.40 bits per heavy atom. The van der Waals surface area contributed by atoms with Crippen LogP contribution in [0.2, 0.25) is 5.02 Å². The first-order valence-corrected chi connectivity index (χ1v) is 8.16. The van der Waals surface area contributed by atoms with E-state index in [9.17, 15) is 4.39 Å². The van der Waals surface area contributed by atoms with Gasteiger partial charge in [-0.15, -0.1) is 11.3 Å². The van der Waals surface area contributed by atoms with E-state index in [1.54, 1.807) is 6.07 Å². The molecule has 3 rings (SSSR count). The van der Waals surface area contributed by atoms with E-state index in [0.717, 1.165) is 12.0 Å². The first-order chi connectivity index (χ1) is 9.65. The van der Waals surface area contributed by atoms with Crippen molar-refractivity contribution < 1.29 is 4.39 Å². The Bertz CT molecular complexity index is 610. The third-order valence-corrected chi connectivity index (χ3v) is 5.43. The van der Waals surface area contributed by atoms with Crippen molar-refractivity contribution in [3.8, 4) is 0 Å². The van der Waals surface area contributed by atoms with Gasteiger partial charge in [-0.05, 0) is 60.4 Å². The van der Waals surface area contributed by atoms with E-state index in [1.807, 2.05) is 11.3 Å². The van der Waals surface area contributed by atoms with Crippen LogP contribution in [-0.2, 0) is 12.8 Å². The molecule has 106 valence electrons. The van der Waals surface area contributed by atoms with E-state index in [-0.39, 0.29) is 11.9 Å². The van der Waals surface area contributed by atoms with Gasteiger partial charge in [0.2, 0.25) is 0 Å².